The number of ether oxygens (including phenoxy) is 1. The number of hydrogen-bond acceptors (Lipinski definition) is 3. The molecule has 4 aliphatic rings. The summed E-state index contributed by atoms with van der Waals surface area (Å²) in [5, 5.41) is 3.14. The van der Waals surface area contributed by atoms with Crippen molar-refractivity contribution >= 4 is 11.9 Å². The fourth-order valence-corrected chi connectivity index (χ4v) is 7.51. The van der Waals surface area contributed by atoms with E-state index >= 15 is 0 Å². The van der Waals surface area contributed by atoms with Crippen LogP contribution in [0.3, 0.4) is 0 Å². The van der Waals surface area contributed by atoms with Crippen molar-refractivity contribution in [1.82, 2.24) is 5.32 Å². The molecule has 0 bridgehead atoms. The van der Waals surface area contributed by atoms with Gasteiger partial charge >= 0.3 is 5.97 Å². The van der Waals surface area contributed by atoms with Crippen LogP contribution in [0.2, 0.25) is 0 Å². The van der Waals surface area contributed by atoms with Crippen LogP contribution < -0.4 is 5.32 Å². The predicted molar refractivity (Wildman–Crippen MR) is 105 cm³/mol. The molecule has 150 valence electrons. The summed E-state index contributed by atoms with van der Waals surface area (Å²) in [6.45, 7) is 8.07. The molecule has 4 aliphatic carbocycles. The maximum atomic E-state index is 11.7. The van der Waals surface area contributed by atoms with Gasteiger partial charge in [-0.1, -0.05) is 19.9 Å². The van der Waals surface area contributed by atoms with E-state index in [1.165, 1.54) is 44.7 Å². The molecule has 0 saturated heterocycles. The molecule has 0 spiro atoms. The van der Waals surface area contributed by atoms with Crippen LogP contribution in [0.5, 0.6) is 0 Å². The first kappa shape index (κ1) is 19.0. The van der Waals surface area contributed by atoms with Gasteiger partial charge in [-0.05, 0) is 80.5 Å². The molecule has 0 aliphatic heterocycles. The van der Waals surface area contributed by atoms with E-state index in [0.29, 0.717) is 17.3 Å². The lowest BCUT2D eigenvalue weighted by molar-refractivity contribution is -0.158. The quantitative estimate of drug-likeness (QED) is 0.720. The minimum atomic E-state index is -0.131. The number of amides is 1. The van der Waals surface area contributed by atoms with Gasteiger partial charge in [-0.25, -0.2) is 0 Å². The van der Waals surface area contributed by atoms with Crippen molar-refractivity contribution in [2.24, 2.45) is 34.5 Å². The van der Waals surface area contributed by atoms with Gasteiger partial charge in [0.25, 0.3) is 0 Å². The maximum Gasteiger partial charge on any atom is 0.302 e. The van der Waals surface area contributed by atoms with E-state index in [1.54, 1.807) is 6.92 Å². The predicted octanol–water partition coefficient (Wildman–Crippen LogP) is 4.59. The Morgan fingerprint density at radius 1 is 1.07 bits per heavy atom. The molecular formula is C23H35NO3. The molecule has 1 N–H and O–H groups in total. The summed E-state index contributed by atoms with van der Waals surface area (Å²) in [6.07, 6.45) is 11.8. The molecular weight excluding hydrogens is 338 g/mol. The van der Waals surface area contributed by atoms with Crippen molar-refractivity contribution in [3.05, 3.63) is 11.8 Å². The van der Waals surface area contributed by atoms with Gasteiger partial charge in [0.15, 0.2) is 0 Å². The highest BCUT2D eigenvalue weighted by Crippen LogP contribution is 2.66. The van der Waals surface area contributed by atoms with Crippen molar-refractivity contribution in [2.45, 2.75) is 85.2 Å². The highest BCUT2D eigenvalue weighted by molar-refractivity contribution is 5.75. The first-order chi connectivity index (χ1) is 12.7. The summed E-state index contributed by atoms with van der Waals surface area (Å²) in [5.74, 6) is 2.82. The van der Waals surface area contributed by atoms with Crippen molar-refractivity contribution in [1.29, 1.82) is 0 Å². The van der Waals surface area contributed by atoms with Gasteiger partial charge in [0, 0.05) is 25.0 Å². The Morgan fingerprint density at radius 3 is 2.56 bits per heavy atom. The third-order valence-corrected chi connectivity index (χ3v) is 8.84. The topological polar surface area (TPSA) is 55.4 Å². The number of rotatable bonds is 2. The third-order valence-electron chi connectivity index (χ3n) is 8.84. The molecule has 27 heavy (non-hydrogen) atoms. The van der Waals surface area contributed by atoms with Gasteiger partial charge in [0.2, 0.25) is 5.91 Å². The highest BCUT2D eigenvalue weighted by atomic mass is 16.5. The van der Waals surface area contributed by atoms with Gasteiger partial charge in [-0.3, -0.25) is 9.59 Å². The van der Waals surface area contributed by atoms with Crippen LogP contribution in [-0.4, -0.2) is 18.0 Å². The Balaban J connectivity index is 1.51. The van der Waals surface area contributed by atoms with Gasteiger partial charge in [0.1, 0.15) is 6.10 Å². The van der Waals surface area contributed by atoms with Crippen LogP contribution in [-0.2, 0) is 14.3 Å². The van der Waals surface area contributed by atoms with Crippen LogP contribution in [0.4, 0.5) is 0 Å². The number of fused-ring (bicyclic) bond motifs is 5. The van der Waals surface area contributed by atoms with Crippen LogP contribution >= 0.6 is 0 Å². The molecule has 4 rings (SSSR count). The highest BCUT2D eigenvalue weighted by Gasteiger charge is 2.58. The summed E-state index contributed by atoms with van der Waals surface area (Å²) in [7, 11) is 0. The minimum Gasteiger partial charge on any atom is -0.463 e. The Morgan fingerprint density at radius 2 is 1.85 bits per heavy atom. The Hall–Kier alpha value is -1.32. The fourth-order valence-electron chi connectivity index (χ4n) is 7.51. The maximum absolute atomic E-state index is 11.7. The average Bonchev–Trinajstić information content (AvgIpc) is 2.91. The second-order valence-corrected chi connectivity index (χ2v) is 10.2. The summed E-state index contributed by atoms with van der Waals surface area (Å²) in [4.78, 5) is 23.0. The van der Waals surface area contributed by atoms with Crippen molar-refractivity contribution < 1.29 is 14.3 Å². The molecule has 0 radical (unpaired) electrons. The van der Waals surface area contributed by atoms with Crippen LogP contribution in [0, 0.1) is 34.5 Å². The molecule has 3 saturated carbocycles. The van der Waals surface area contributed by atoms with Gasteiger partial charge in [-0.15, -0.1) is 0 Å². The van der Waals surface area contributed by atoms with Crippen LogP contribution in [0.1, 0.15) is 79.1 Å². The van der Waals surface area contributed by atoms with E-state index in [2.05, 4.69) is 25.2 Å². The summed E-state index contributed by atoms with van der Waals surface area (Å²) in [6, 6.07) is 0. The summed E-state index contributed by atoms with van der Waals surface area (Å²) >= 11 is 0. The third kappa shape index (κ3) is 3.03. The molecule has 1 amide bonds. The lowest BCUT2D eigenvalue weighted by Crippen LogP contribution is -2.54. The van der Waals surface area contributed by atoms with Crippen molar-refractivity contribution in [3.63, 3.8) is 0 Å². The monoisotopic (exact) mass is 373 g/mol. The van der Waals surface area contributed by atoms with E-state index in [4.69, 9.17) is 4.74 Å². The first-order valence-corrected chi connectivity index (χ1v) is 10.9. The number of esters is 1. The van der Waals surface area contributed by atoms with E-state index in [-0.39, 0.29) is 23.4 Å². The number of nitrogens with one attached hydrogen (secondary N) is 1. The molecule has 4 heteroatoms. The largest absolute Gasteiger partial charge is 0.463 e. The van der Waals surface area contributed by atoms with E-state index in [0.717, 1.165) is 31.1 Å². The smallest absolute Gasteiger partial charge is 0.302 e. The van der Waals surface area contributed by atoms with Gasteiger partial charge < -0.3 is 10.1 Å². The molecule has 0 aromatic rings. The zero-order valence-corrected chi connectivity index (χ0v) is 17.3. The van der Waals surface area contributed by atoms with Crippen LogP contribution in [0.25, 0.3) is 0 Å². The normalized spacial score (nSPS) is 45.8. The average molecular weight is 374 g/mol. The SMILES string of the molecule is CC(=O)NC1=CC[C@H]2[C@@H]3CC[C@H]4C[C@@H](OC(C)=O)CC[C@]4(C)[C@H]3CC[C@]12C. The van der Waals surface area contributed by atoms with Crippen molar-refractivity contribution in [3.8, 4) is 0 Å². The molecule has 4 nitrogen and oxygen atoms in total. The first-order valence-electron chi connectivity index (χ1n) is 10.9. The standard InChI is InChI=1S/C23H35NO3/c1-14(25)24-21-8-7-19-18-6-5-16-13-17(27-15(2)26)9-11-22(16,3)20(18)10-12-23(19,21)4/h8,16-20H,5-7,9-13H2,1-4H3,(H,24,25)/t16-,17-,18-,19-,20-,22-,23-/m0/s1. The Kier molecular flexibility index (Phi) is 4.67. The van der Waals surface area contributed by atoms with E-state index < -0.39 is 0 Å². The minimum absolute atomic E-state index is 0.0599. The van der Waals surface area contributed by atoms with E-state index in [9.17, 15) is 9.59 Å². The van der Waals surface area contributed by atoms with Crippen LogP contribution in [0.15, 0.2) is 11.8 Å². The lowest BCUT2D eigenvalue weighted by atomic mass is 9.45. The zero-order chi connectivity index (χ0) is 19.4. The Labute approximate surface area is 163 Å². The summed E-state index contributed by atoms with van der Waals surface area (Å²) in [5.41, 5.74) is 1.71. The second kappa shape index (κ2) is 6.63. The van der Waals surface area contributed by atoms with Gasteiger partial charge in [-0.2, -0.15) is 0 Å². The number of allylic oxidation sites excluding steroid dienone is 2. The lowest BCUT2D eigenvalue weighted by Gasteiger charge is -2.60. The van der Waals surface area contributed by atoms with Gasteiger partial charge in [0.05, 0.1) is 0 Å². The second-order valence-electron chi connectivity index (χ2n) is 10.2. The summed E-state index contributed by atoms with van der Waals surface area (Å²) < 4.78 is 5.57. The molecule has 0 unspecified atom stereocenters. The number of carbonyl (C=O) groups is 2. The molecule has 3 fully saturated rings. The van der Waals surface area contributed by atoms with E-state index in [1.807, 2.05) is 0 Å². The fraction of sp³-hybridized carbons (Fsp3) is 0.826. The number of carbonyl (C=O) groups excluding carboxylic acids is 2. The molecule has 7 atom stereocenters. The molecule has 0 aromatic carbocycles. The Bertz CT molecular complexity index is 671. The molecule has 0 aromatic heterocycles. The van der Waals surface area contributed by atoms with Crippen molar-refractivity contribution in [2.75, 3.05) is 0 Å². The molecule has 0 heterocycles. The number of hydrogen-bond donors (Lipinski definition) is 1. The zero-order valence-electron chi connectivity index (χ0n) is 17.3.